The van der Waals surface area contributed by atoms with Crippen molar-refractivity contribution < 1.29 is 14.0 Å². The number of amides is 2. The van der Waals surface area contributed by atoms with Gasteiger partial charge in [-0.2, -0.15) is 0 Å². The van der Waals surface area contributed by atoms with Crippen LogP contribution >= 0.6 is 0 Å². The molecule has 2 amide bonds. The van der Waals surface area contributed by atoms with Gasteiger partial charge < -0.3 is 25.8 Å². The molecule has 1 heterocycles. The Kier molecular flexibility index (Phi) is 9.52. The van der Waals surface area contributed by atoms with Crippen molar-refractivity contribution in [2.45, 2.75) is 46.5 Å². The number of nitrogens with one attached hydrogen (secondary N) is 2. The Balaban J connectivity index is 1.60. The van der Waals surface area contributed by atoms with E-state index in [0.717, 1.165) is 12.0 Å². The lowest BCUT2D eigenvalue weighted by molar-refractivity contribution is 0.0765. The Morgan fingerprint density at radius 2 is 1.75 bits per heavy atom. The van der Waals surface area contributed by atoms with Gasteiger partial charge in [0.15, 0.2) is 11.6 Å². The summed E-state index contributed by atoms with van der Waals surface area (Å²) < 4.78 is 17.0. The average molecular weight is 599 g/mol. The molecule has 10 heteroatoms. The molecule has 4 aromatic rings. The standard InChI is InChI=1S/C34H39FN6O3/c1-7-18-41(8-2)32(43)24-17-16-23(19-26(24)36)37-30-33(44)40(6)20-28(38-30)25-10-9-11-27(29(25)35)39-31(42)21-12-14-22(15-13-21)34(3,4)5/h9-17,19-20H,7-8,18,36H2,1-6H3,(H,37,38)(H,39,42). The smallest absolute Gasteiger partial charge is 0.293 e. The van der Waals surface area contributed by atoms with E-state index in [1.165, 1.54) is 29.9 Å². The zero-order valence-electron chi connectivity index (χ0n) is 26.0. The first-order valence-corrected chi connectivity index (χ1v) is 14.6. The van der Waals surface area contributed by atoms with Crippen molar-refractivity contribution in [1.82, 2.24) is 14.5 Å². The van der Waals surface area contributed by atoms with Crippen molar-refractivity contribution in [3.8, 4) is 11.3 Å². The molecule has 0 saturated carbocycles. The highest BCUT2D eigenvalue weighted by molar-refractivity contribution is 6.04. The van der Waals surface area contributed by atoms with Crippen LogP contribution in [0.15, 0.2) is 71.7 Å². The lowest BCUT2D eigenvalue weighted by atomic mass is 9.87. The number of hydrogen-bond acceptors (Lipinski definition) is 6. The third-order valence-electron chi connectivity index (χ3n) is 7.31. The molecule has 0 spiro atoms. The van der Waals surface area contributed by atoms with Crippen LogP contribution in [0, 0.1) is 5.82 Å². The molecule has 0 aliphatic heterocycles. The summed E-state index contributed by atoms with van der Waals surface area (Å²) in [5.41, 5.74) is 8.51. The summed E-state index contributed by atoms with van der Waals surface area (Å²) in [6, 6.07) is 16.6. The van der Waals surface area contributed by atoms with Crippen LogP contribution in [-0.2, 0) is 12.5 Å². The third-order valence-corrected chi connectivity index (χ3v) is 7.31. The van der Waals surface area contributed by atoms with Crippen LogP contribution in [0.3, 0.4) is 0 Å². The minimum Gasteiger partial charge on any atom is -0.398 e. The number of nitrogens with two attached hydrogens (primary N) is 1. The molecule has 0 unspecified atom stereocenters. The highest BCUT2D eigenvalue weighted by Gasteiger charge is 2.20. The number of nitrogen functional groups attached to an aromatic ring is 1. The Hall–Kier alpha value is -4.99. The van der Waals surface area contributed by atoms with Gasteiger partial charge in [0.2, 0.25) is 0 Å². The van der Waals surface area contributed by atoms with Crippen LogP contribution in [0.2, 0.25) is 0 Å². The quantitative estimate of drug-likeness (QED) is 0.194. The highest BCUT2D eigenvalue weighted by Crippen LogP contribution is 2.29. The largest absolute Gasteiger partial charge is 0.398 e. The predicted octanol–water partition coefficient (Wildman–Crippen LogP) is 6.33. The molecule has 9 nitrogen and oxygen atoms in total. The van der Waals surface area contributed by atoms with Crippen molar-refractivity contribution in [3.05, 3.63) is 99.7 Å². The summed E-state index contributed by atoms with van der Waals surface area (Å²) >= 11 is 0. The third kappa shape index (κ3) is 6.96. The maximum atomic E-state index is 15.8. The molecular formula is C34H39FN6O3. The minimum atomic E-state index is -0.691. The van der Waals surface area contributed by atoms with Crippen molar-refractivity contribution in [2.75, 3.05) is 29.5 Å². The Bertz CT molecular complexity index is 1740. The first-order valence-electron chi connectivity index (χ1n) is 14.6. The van der Waals surface area contributed by atoms with Gasteiger partial charge in [0, 0.05) is 48.8 Å². The van der Waals surface area contributed by atoms with Gasteiger partial charge in [-0.05, 0) is 66.8 Å². The fourth-order valence-corrected chi connectivity index (χ4v) is 4.78. The van der Waals surface area contributed by atoms with Crippen LogP contribution in [0.1, 0.15) is 67.3 Å². The molecule has 44 heavy (non-hydrogen) atoms. The SMILES string of the molecule is CCCN(CC)C(=O)c1ccc(Nc2nc(-c3cccc(NC(=O)c4ccc(C(C)(C)C)cc4)c3F)cn(C)c2=O)cc1N. The number of carbonyl (C=O) groups excluding carboxylic acids is 2. The number of anilines is 4. The molecular weight excluding hydrogens is 559 g/mol. The number of nitrogens with zero attached hydrogens (tertiary/aromatic N) is 3. The minimum absolute atomic E-state index is 0.0187. The molecule has 0 bridgehead atoms. The molecule has 0 atom stereocenters. The van der Waals surface area contributed by atoms with E-state index < -0.39 is 17.3 Å². The number of benzene rings is 3. The van der Waals surface area contributed by atoms with E-state index in [1.54, 1.807) is 41.3 Å². The second kappa shape index (κ2) is 13.1. The predicted molar refractivity (Wildman–Crippen MR) is 174 cm³/mol. The number of hydrogen-bond donors (Lipinski definition) is 3. The lowest BCUT2D eigenvalue weighted by Gasteiger charge is -2.21. The molecule has 3 aromatic carbocycles. The second-order valence-electron chi connectivity index (χ2n) is 11.7. The summed E-state index contributed by atoms with van der Waals surface area (Å²) in [6.45, 7) is 11.3. The number of carbonyl (C=O) groups is 2. The number of aromatic nitrogens is 2. The van der Waals surface area contributed by atoms with E-state index in [9.17, 15) is 14.4 Å². The molecule has 4 N–H and O–H groups in total. The monoisotopic (exact) mass is 598 g/mol. The topological polar surface area (TPSA) is 122 Å². The van der Waals surface area contributed by atoms with E-state index in [1.807, 2.05) is 26.0 Å². The zero-order valence-corrected chi connectivity index (χ0v) is 26.0. The van der Waals surface area contributed by atoms with Crippen molar-refractivity contribution in [1.29, 1.82) is 0 Å². The number of halogens is 1. The van der Waals surface area contributed by atoms with Crippen molar-refractivity contribution >= 4 is 34.7 Å². The van der Waals surface area contributed by atoms with Crippen LogP contribution in [0.5, 0.6) is 0 Å². The summed E-state index contributed by atoms with van der Waals surface area (Å²) in [7, 11) is 1.53. The average Bonchev–Trinajstić information content (AvgIpc) is 2.98. The van der Waals surface area contributed by atoms with Crippen LogP contribution in [0.25, 0.3) is 11.3 Å². The maximum Gasteiger partial charge on any atom is 0.293 e. The fourth-order valence-electron chi connectivity index (χ4n) is 4.78. The zero-order chi connectivity index (χ0) is 32.2. The molecule has 230 valence electrons. The van der Waals surface area contributed by atoms with Gasteiger partial charge in [0.05, 0.1) is 16.9 Å². The molecule has 1 aromatic heterocycles. The summed E-state index contributed by atoms with van der Waals surface area (Å²) in [6.07, 6.45) is 2.25. The van der Waals surface area contributed by atoms with E-state index in [4.69, 9.17) is 5.73 Å². The summed E-state index contributed by atoms with van der Waals surface area (Å²) in [5, 5.41) is 5.60. The van der Waals surface area contributed by atoms with E-state index in [0.29, 0.717) is 29.9 Å². The van der Waals surface area contributed by atoms with Crippen LogP contribution in [0.4, 0.5) is 27.3 Å². The first kappa shape index (κ1) is 31.9. The van der Waals surface area contributed by atoms with E-state index >= 15 is 4.39 Å². The number of aryl methyl sites for hydroxylation is 1. The molecule has 0 radical (unpaired) electrons. The van der Waals surface area contributed by atoms with Gasteiger partial charge in [0.25, 0.3) is 17.4 Å². The van der Waals surface area contributed by atoms with E-state index in [2.05, 4.69) is 36.4 Å². The summed E-state index contributed by atoms with van der Waals surface area (Å²) in [5.74, 6) is -1.37. The molecule has 0 aliphatic rings. The summed E-state index contributed by atoms with van der Waals surface area (Å²) in [4.78, 5) is 44.9. The van der Waals surface area contributed by atoms with Crippen LogP contribution in [-0.4, -0.2) is 39.4 Å². The molecule has 0 aliphatic carbocycles. The molecule has 4 rings (SSSR count). The molecule has 0 saturated heterocycles. The second-order valence-corrected chi connectivity index (χ2v) is 11.7. The fraction of sp³-hybridized carbons (Fsp3) is 0.294. The normalized spacial score (nSPS) is 11.2. The maximum absolute atomic E-state index is 15.8. The van der Waals surface area contributed by atoms with Crippen LogP contribution < -0.4 is 21.9 Å². The first-order chi connectivity index (χ1) is 20.8. The van der Waals surface area contributed by atoms with E-state index in [-0.39, 0.29) is 39.8 Å². The van der Waals surface area contributed by atoms with Gasteiger partial charge in [-0.3, -0.25) is 14.4 Å². The number of rotatable bonds is 9. The van der Waals surface area contributed by atoms with Gasteiger partial charge in [-0.1, -0.05) is 45.9 Å². The Labute approximate surface area is 256 Å². The van der Waals surface area contributed by atoms with Gasteiger partial charge in [0.1, 0.15) is 0 Å². The molecule has 0 fully saturated rings. The van der Waals surface area contributed by atoms with Crippen molar-refractivity contribution in [2.24, 2.45) is 7.05 Å². The van der Waals surface area contributed by atoms with Gasteiger partial charge >= 0.3 is 0 Å². The van der Waals surface area contributed by atoms with Crippen molar-refractivity contribution in [3.63, 3.8) is 0 Å². The lowest BCUT2D eigenvalue weighted by Crippen LogP contribution is -2.32. The Morgan fingerprint density at radius 1 is 1.05 bits per heavy atom. The van der Waals surface area contributed by atoms with Gasteiger partial charge in [-0.15, -0.1) is 0 Å². The highest BCUT2D eigenvalue weighted by atomic mass is 19.1. The van der Waals surface area contributed by atoms with Gasteiger partial charge in [-0.25, -0.2) is 9.37 Å². The Morgan fingerprint density at radius 3 is 2.36 bits per heavy atom.